The Labute approximate surface area is 51.0 Å². The molecular formula is C7H11O. The van der Waals surface area contributed by atoms with Crippen LogP contribution < -0.4 is 0 Å². The predicted octanol–water partition coefficient (Wildman–Crippen LogP) is 1.88. The van der Waals surface area contributed by atoms with E-state index in [9.17, 15) is 0 Å². The molecule has 1 heteroatoms. The van der Waals surface area contributed by atoms with Crippen LogP contribution in [-0.2, 0) is 4.74 Å². The van der Waals surface area contributed by atoms with Crippen molar-refractivity contribution in [3.8, 4) is 0 Å². The van der Waals surface area contributed by atoms with Gasteiger partial charge in [-0.3, -0.25) is 0 Å². The third-order valence-electron chi connectivity index (χ3n) is 1.72. The molecule has 1 rings (SSSR count). The van der Waals surface area contributed by atoms with Crippen molar-refractivity contribution in [2.24, 2.45) is 0 Å². The second kappa shape index (κ2) is 3.08. The van der Waals surface area contributed by atoms with Crippen LogP contribution in [0.25, 0.3) is 0 Å². The smallest absolute Gasteiger partial charge is 0.173 e. The third-order valence-corrected chi connectivity index (χ3v) is 1.72. The Kier molecular flexibility index (Phi) is 2.34. The SMILES string of the molecule is [C]OC1CCCCC1. The van der Waals surface area contributed by atoms with Crippen LogP contribution in [0.4, 0.5) is 0 Å². The topological polar surface area (TPSA) is 9.23 Å². The van der Waals surface area contributed by atoms with Crippen molar-refractivity contribution in [1.29, 1.82) is 0 Å². The van der Waals surface area contributed by atoms with Gasteiger partial charge in [0.15, 0.2) is 7.11 Å². The zero-order valence-corrected chi connectivity index (χ0v) is 5.02. The molecule has 0 atom stereocenters. The molecule has 0 unspecified atom stereocenters. The summed E-state index contributed by atoms with van der Waals surface area (Å²) in [6, 6.07) is 0. The molecule has 3 radical (unpaired) electrons. The van der Waals surface area contributed by atoms with Gasteiger partial charge in [-0.15, -0.1) is 0 Å². The van der Waals surface area contributed by atoms with Gasteiger partial charge < -0.3 is 4.74 Å². The minimum Gasteiger partial charge on any atom is -0.362 e. The predicted molar refractivity (Wildman–Crippen MR) is 31.2 cm³/mol. The van der Waals surface area contributed by atoms with E-state index in [2.05, 4.69) is 4.74 Å². The van der Waals surface area contributed by atoms with Crippen molar-refractivity contribution in [2.45, 2.75) is 38.2 Å². The molecule has 0 bridgehead atoms. The number of rotatable bonds is 1. The minimum absolute atomic E-state index is 0.253. The van der Waals surface area contributed by atoms with Gasteiger partial charge in [0.25, 0.3) is 0 Å². The lowest BCUT2D eigenvalue weighted by atomic mass is 9.98. The van der Waals surface area contributed by atoms with Crippen molar-refractivity contribution in [2.75, 3.05) is 0 Å². The first-order valence-corrected chi connectivity index (χ1v) is 3.26. The fourth-order valence-corrected chi connectivity index (χ4v) is 1.18. The van der Waals surface area contributed by atoms with Crippen molar-refractivity contribution in [3.63, 3.8) is 0 Å². The molecule has 0 N–H and O–H groups in total. The van der Waals surface area contributed by atoms with Gasteiger partial charge >= 0.3 is 0 Å². The standard InChI is InChI=1S/C7H11O/c1-8-7-5-3-2-4-6-7/h7H,2-6H2. The molecule has 1 aliphatic rings. The summed E-state index contributed by atoms with van der Waals surface area (Å²) in [5.74, 6) is 0. The Morgan fingerprint density at radius 2 is 1.75 bits per heavy atom. The molecule has 1 nitrogen and oxygen atoms in total. The summed E-state index contributed by atoms with van der Waals surface area (Å²) in [7, 11) is 6.60. The summed E-state index contributed by atoms with van der Waals surface area (Å²) >= 11 is 0. The van der Waals surface area contributed by atoms with Crippen LogP contribution in [0.1, 0.15) is 32.1 Å². The summed E-state index contributed by atoms with van der Waals surface area (Å²) in [6.45, 7) is 0. The molecule has 0 heterocycles. The normalized spacial score (nSPS) is 23.6. The van der Waals surface area contributed by atoms with Crippen molar-refractivity contribution < 1.29 is 4.74 Å². The van der Waals surface area contributed by atoms with Crippen LogP contribution in [0, 0.1) is 7.11 Å². The zero-order chi connectivity index (χ0) is 5.82. The maximum absolute atomic E-state index is 6.60. The van der Waals surface area contributed by atoms with Crippen LogP contribution in [0.3, 0.4) is 0 Å². The lowest BCUT2D eigenvalue weighted by Crippen LogP contribution is -2.12. The minimum atomic E-state index is 0.253. The molecule has 8 heavy (non-hydrogen) atoms. The number of ether oxygens (including phenoxy) is 1. The fraction of sp³-hybridized carbons (Fsp3) is 0.857. The molecule has 45 valence electrons. The van der Waals surface area contributed by atoms with E-state index in [0.29, 0.717) is 0 Å². The second-order valence-electron chi connectivity index (χ2n) is 2.38. The van der Waals surface area contributed by atoms with Gasteiger partial charge in [-0.2, -0.15) is 0 Å². The largest absolute Gasteiger partial charge is 0.362 e. The van der Waals surface area contributed by atoms with Crippen molar-refractivity contribution in [1.82, 2.24) is 0 Å². The molecule has 0 aliphatic heterocycles. The third kappa shape index (κ3) is 1.48. The first-order chi connectivity index (χ1) is 3.93. The molecule has 0 aromatic rings. The van der Waals surface area contributed by atoms with E-state index in [-0.39, 0.29) is 6.10 Å². The van der Waals surface area contributed by atoms with Gasteiger partial charge in [0.1, 0.15) is 0 Å². The Bertz CT molecular complexity index is 55.4. The lowest BCUT2D eigenvalue weighted by Gasteiger charge is -2.18. The summed E-state index contributed by atoms with van der Waals surface area (Å²) in [5.41, 5.74) is 0. The molecular weight excluding hydrogens is 100 g/mol. The van der Waals surface area contributed by atoms with E-state index in [4.69, 9.17) is 7.11 Å². The molecule has 0 aromatic heterocycles. The maximum Gasteiger partial charge on any atom is 0.173 e. The van der Waals surface area contributed by atoms with Gasteiger partial charge in [0, 0.05) is 0 Å². The molecule has 1 saturated carbocycles. The second-order valence-corrected chi connectivity index (χ2v) is 2.38. The van der Waals surface area contributed by atoms with Crippen LogP contribution in [0.15, 0.2) is 0 Å². The van der Waals surface area contributed by atoms with Gasteiger partial charge in [-0.1, -0.05) is 19.3 Å². The van der Waals surface area contributed by atoms with Crippen molar-refractivity contribution in [3.05, 3.63) is 7.11 Å². The molecule has 0 spiro atoms. The summed E-state index contributed by atoms with van der Waals surface area (Å²) < 4.78 is 4.44. The van der Waals surface area contributed by atoms with Crippen LogP contribution >= 0.6 is 0 Å². The average molecular weight is 111 g/mol. The molecule has 1 fully saturated rings. The van der Waals surface area contributed by atoms with E-state index in [1.54, 1.807) is 0 Å². The summed E-state index contributed by atoms with van der Waals surface area (Å²) in [5, 5.41) is 0. The molecule has 0 aromatic carbocycles. The first-order valence-electron chi connectivity index (χ1n) is 3.26. The summed E-state index contributed by atoms with van der Waals surface area (Å²) in [4.78, 5) is 0. The maximum atomic E-state index is 6.60. The monoisotopic (exact) mass is 111 g/mol. The van der Waals surface area contributed by atoms with E-state index in [1.165, 1.54) is 19.3 Å². The van der Waals surface area contributed by atoms with Gasteiger partial charge in [-0.25, -0.2) is 0 Å². The highest BCUT2D eigenvalue weighted by Crippen LogP contribution is 2.19. The van der Waals surface area contributed by atoms with Crippen LogP contribution in [0.5, 0.6) is 0 Å². The Hall–Kier alpha value is -0.0400. The Morgan fingerprint density at radius 1 is 1.12 bits per heavy atom. The Morgan fingerprint density at radius 3 is 2.12 bits per heavy atom. The van der Waals surface area contributed by atoms with Gasteiger partial charge in [-0.05, 0) is 12.8 Å². The quantitative estimate of drug-likeness (QED) is 0.502. The average Bonchev–Trinajstić information content (AvgIpc) is 1.90. The highest BCUT2D eigenvalue weighted by Gasteiger charge is 2.10. The van der Waals surface area contributed by atoms with Gasteiger partial charge in [0.2, 0.25) is 0 Å². The Balaban J connectivity index is 2.13. The molecule has 0 saturated heterocycles. The van der Waals surface area contributed by atoms with E-state index >= 15 is 0 Å². The fourth-order valence-electron chi connectivity index (χ4n) is 1.18. The highest BCUT2D eigenvalue weighted by molar-refractivity contribution is 4.64. The number of hydrogen-bond donors (Lipinski definition) is 0. The first kappa shape index (κ1) is 6.09. The highest BCUT2D eigenvalue weighted by atomic mass is 16.5. The van der Waals surface area contributed by atoms with Gasteiger partial charge in [0.05, 0.1) is 6.10 Å². The van der Waals surface area contributed by atoms with Crippen LogP contribution in [0.2, 0.25) is 0 Å². The van der Waals surface area contributed by atoms with Crippen LogP contribution in [-0.4, -0.2) is 6.10 Å². The summed E-state index contributed by atoms with van der Waals surface area (Å²) in [6.07, 6.45) is 6.30. The molecule has 0 amide bonds. The molecule has 1 aliphatic carbocycles. The van der Waals surface area contributed by atoms with Crippen molar-refractivity contribution >= 4 is 0 Å². The van der Waals surface area contributed by atoms with E-state index < -0.39 is 0 Å². The lowest BCUT2D eigenvalue weighted by molar-refractivity contribution is 0.101. The number of hydrogen-bond acceptors (Lipinski definition) is 1. The van der Waals surface area contributed by atoms with E-state index in [0.717, 1.165) is 12.8 Å². The zero-order valence-electron chi connectivity index (χ0n) is 5.02. The van der Waals surface area contributed by atoms with E-state index in [1.807, 2.05) is 0 Å².